The van der Waals surface area contributed by atoms with Crippen LogP contribution in [-0.2, 0) is 32.1 Å². The Bertz CT molecular complexity index is 666. The summed E-state index contributed by atoms with van der Waals surface area (Å²) in [6.07, 6.45) is -0.585. The normalized spacial score (nSPS) is 13.4. The van der Waals surface area contributed by atoms with Gasteiger partial charge in [-0.3, -0.25) is 9.59 Å². The fourth-order valence-electron chi connectivity index (χ4n) is 2.45. The summed E-state index contributed by atoms with van der Waals surface area (Å²) < 4.78 is 11.1. The maximum Gasteiger partial charge on any atom is 0.407 e. The van der Waals surface area contributed by atoms with E-state index in [0.717, 1.165) is 5.56 Å². The van der Waals surface area contributed by atoms with Gasteiger partial charge in [0.05, 0.1) is 25.2 Å². The van der Waals surface area contributed by atoms with Crippen LogP contribution < -0.4 is 11.1 Å². The van der Waals surface area contributed by atoms with Gasteiger partial charge < -0.3 is 25.6 Å². The van der Waals surface area contributed by atoms with Gasteiger partial charge in [-0.05, 0) is 45.2 Å². The molecule has 0 aliphatic rings. The predicted octanol–water partition coefficient (Wildman–Crippen LogP) is 2.38. The molecule has 0 aromatic heterocycles. The summed E-state index contributed by atoms with van der Waals surface area (Å²) in [5.74, 6) is -1.35. The Balaban J connectivity index is 2.66. The number of carbonyl (C=O) groups is 3. The second-order valence-corrected chi connectivity index (χ2v) is 7.66. The molecule has 2 atom stereocenters. The number of hydrogen-bond donors (Lipinski definition) is 3. The van der Waals surface area contributed by atoms with Crippen LogP contribution in [0.25, 0.3) is 0 Å². The van der Waals surface area contributed by atoms with Gasteiger partial charge in [-0.25, -0.2) is 4.79 Å². The minimum atomic E-state index is -0.886. The van der Waals surface area contributed by atoms with Crippen LogP contribution in [0.4, 0.5) is 4.79 Å². The standard InChI is InChI=1S/C20H30N2O6/c1-13(27-12-15-7-5-14(6-8-15)11-18(24)25)16(9-10-17(21)23)22-19(26)28-20(2,3)4/h5-8,13,16H,9-12H2,1-4H3,(H2,21,23)(H,22,26)(H,24,25)/t13-,16?/m1/s1. The van der Waals surface area contributed by atoms with Gasteiger partial charge >= 0.3 is 12.1 Å². The fraction of sp³-hybridized carbons (Fsp3) is 0.550. The molecule has 4 N–H and O–H groups in total. The summed E-state index contributed by atoms with van der Waals surface area (Å²) >= 11 is 0. The monoisotopic (exact) mass is 394 g/mol. The van der Waals surface area contributed by atoms with Gasteiger partial charge in [0.2, 0.25) is 5.91 Å². The number of carboxylic acid groups (broad SMARTS) is 1. The van der Waals surface area contributed by atoms with Crippen molar-refractivity contribution in [3.63, 3.8) is 0 Å². The first kappa shape index (κ1) is 23.4. The third-order valence-electron chi connectivity index (χ3n) is 3.86. The summed E-state index contributed by atoms with van der Waals surface area (Å²) in [4.78, 5) is 33.9. The lowest BCUT2D eigenvalue weighted by atomic mass is 10.1. The number of nitrogens with one attached hydrogen (secondary N) is 1. The number of benzene rings is 1. The van der Waals surface area contributed by atoms with Crippen molar-refractivity contribution in [1.82, 2.24) is 5.32 Å². The van der Waals surface area contributed by atoms with Gasteiger partial charge in [0.15, 0.2) is 0 Å². The lowest BCUT2D eigenvalue weighted by molar-refractivity contribution is -0.136. The van der Waals surface area contributed by atoms with Gasteiger partial charge in [-0.1, -0.05) is 24.3 Å². The van der Waals surface area contributed by atoms with Crippen LogP contribution in [-0.4, -0.2) is 40.8 Å². The van der Waals surface area contributed by atoms with Crippen molar-refractivity contribution in [2.45, 2.75) is 71.3 Å². The number of amides is 2. The summed E-state index contributed by atoms with van der Waals surface area (Å²) in [6, 6.07) is 6.62. The van der Waals surface area contributed by atoms with Crippen molar-refractivity contribution in [1.29, 1.82) is 0 Å². The average molecular weight is 394 g/mol. The van der Waals surface area contributed by atoms with E-state index in [0.29, 0.717) is 12.0 Å². The number of ether oxygens (including phenoxy) is 2. The minimum Gasteiger partial charge on any atom is -0.481 e. The van der Waals surface area contributed by atoms with Crippen LogP contribution in [0.5, 0.6) is 0 Å². The number of primary amides is 1. The molecule has 1 aromatic rings. The molecular formula is C20H30N2O6. The van der Waals surface area contributed by atoms with Crippen LogP contribution in [0.2, 0.25) is 0 Å². The number of nitrogens with two attached hydrogens (primary N) is 1. The number of carboxylic acids is 1. The highest BCUT2D eigenvalue weighted by molar-refractivity contribution is 5.74. The van der Waals surface area contributed by atoms with Gasteiger partial charge in [-0.15, -0.1) is 0 Å². The molecule has 2 amide bonds. The van der Waals surface area contributed by atoms with E-state index in [-0.39, 0.29) is 19.4 Å². The molecule has 1 aromatic carbocycles. The lowest BCUT2D eigenvalue weighted by Gasteiger charge is -2.27. The minimum absolute atomic E-state index is 0.0352. The van der Waals surface area contributed by atoms with Crippen LogP contribution in [0.3, 0.4) is 0 Å². The zero-order chi connectivity index (χ0) is 21.3. The highest BCUT2D eigenvalue weighted by Crippen LogP contribution is 2.13. The molecule has 0 fully saturated rings. The van der Waals surface area contributed by atoms with E-state index < -0.39 is 35.7 Å². The molecule has 0 saturated carbocycles. The predicted molar refractivity (Wildman–Crippen MR) is 104 cm³/mol. The second kappa shape index (κ2) is 10.7. The molecule has 8 heteroatoms. The topological polar surface area (TPSA) is 128 Å². The van der Waals surface area contributed by atoms with Crippen molar-refractivity contribution >= 4 is 18.0 Å². The molecule has 1 rings (SSSR count). The summed E-state index contributed by atoms with van der Waals surface area (Å²) in [5.41, 5.74) is 6.15. The fourth-order valence-corrected chi connectivity index (χ4v) is 2.45. The average Bonchev–Trinajstić information content (AvgIpc) is 2.55. The third-order valence-corrected chi connectivity index (χ3v) is 3.86. The van der Waals surface area contributed by atoms with Gasteiger partial charge in [-0.2, -0.15) is 0 Å². The van der Waals surface area contributed by atoms with E-state index in [1.165, 1.54) is 0 Å². The molecule has 8 nitrogen and oxygen atoms in total. The molecule has 28 heavy (non-hydrogen) atoms. The summed E-state index contributed by atoms with van der Waals surface area (Å²) in [6.45, 7) is 7.36. The van der Waals surface area contributed by atoms with Crippen molar-refractivity contribution in [2.24, 2.45) is 5.73 Å². The molecule has 0 saturated heterocycles. The zero-order valence-corrected chi connectivity index (χ0v) is 16.9. The summed E-state index contributed by atoms with van der Waals surface area (Å²) in [7, 11) is 0. The molecule has 0 spiro atoms. The Hall–Kier alpha value is -2.61. The van der Waals surface area contributed by atoms with Gasteiger partial charge in [0, 0.05) is 6.42 Å². The van der Waals surface area contributed by atoms with Crippen molar-refractivity contribution < 1.29 is 29.0 Å². The Morgan fingerprint density at radius 2 is 1.71 bits per heavy atom. The van der Waals surface area contributed by atoms with E-state index in [1.807, 2.05) is 0 Å². The first-order chi connectivity index (χ1) is 13.0. The van der Waals surface area contributed by atoms with Crippen LogP contribution in [0, 0.1) is 0 Å². The number of carbonyl (C=O) groups excluding carboxylic acids is 2. The molecule has 156 valence electrons. The number of alkyl carbamates (subject to hydrolysis) is 1. The molecule has 0 radical (unpaired) electrons. The lowest BCUT2D eigenvalue weighted by Crippen LogP contribution is -2.45. The Kier molecular flexibility index (Phi) is 8.91. The van der Waals surface area contributed by atoms with E-state index >= 15 is 0 Å². The smallest absolute Gasteiger partial charge is 0.407 e. The molecule has 0 aliphatic carbocycles. The number of aliphatic carboxylic acids is 1. The largest absolute Gasteiger partial charge is 0.481 e. The van der Waals surface area contributed by atoms with Crippen LogP contribution in [0.15, 0.2) is 24.3 Å². The Morgan fingerprint density at radius 3 is 2.21 bits per heavy atom. The SMILES string of the molecule is C[C@@H](OCc1ccc(CC(=O)O)cc1)C(CCC(N)=O)NC(=O)OC(C)(C)C. The van der Waals surface area contributed by atoms with E-state index in [2.05, 4.69) is 5.32 Å². The van der Waals surface area contributed by atoms with E-state index in [4.69, 9.17) is 20.3 Å². The molecule has 0 aliphatic heterocycles. The highest BCUT2D eigenvalue weighted by Gasteiger charge is 2.24. The zero-order valence-electron chi connectivity index (χ0n) is 16.9. The molecular weight excluding hydrogens is 364 g/mol. The third kappa shape index (κ3) is 9.91. The maximum absolute atomic E-state index is 12.1. The first-order valence-corrected chi connectivity index (χ1v) is 9.15. The van der Waals surface area contributed by atoms with E-state index in [9.17, 15) is 14.4 Å². The van der Waals surface area contributed by atoms with Gasteiger partial charge in [0.1, 0.15) is 5.60 Å². The van der Waals surface area contributed by atoms with Crippen LogP contribution in [0.1, 0.15) is 51.7 Å². The van der Waals surface area contributed by atoms with Gasteiger partial charge in [0.25, 0.3) is 0 Å². The maximum atomic E-state index is 12.1. The number of hydrogen-bond acceptors (Lipinski definition) is 5. The Morgan fingerprint density at radius 1 is 1.14 bits per heavy atom. The first-order valence-electron chi connectivity index (χ1n) is 9.15. The Labute approximate surface area is 165 Å². The van der Waals surface area contributed by atoms with Crippen molar-refractivity contribution in [3.8, 4) is 0 Å². The summed E-state index contributed by atoms with van der Waals surface area (Å²) in [5, 5.41) is 11.5. The van der Waals surface area contributed by atoms with Crippen molar-refractivity contribution in [2.75, 3.05) is 0 Å². The van der Waals surface area contributed by atoms with Crippen molar-refractivity contribution in [3.05, 3.63) is 35.4 Å². The highest BCUT2D eigenvalue weighted by atomic mass is 16.6. The second-order valence-electron chi connectivity index (χ2n) is 7.66. The van der Waals surface area contributed by atoms with Crippen LogP contribution >= 0.6 is 0 Å². The quantitative estimate of drug-likeness (QED) is 0.559. The van der Waals surface area contributed by atoms with E-state index in [1.54, 1.807) is 52.0 Å². The molecule has 0 heterocycles. The number of rotatable bonds is 10. The molecule has 1 unspecified atom stereocenters. The molecule has 0 bridgehead atoms.